The number of benzene rings is 1. The number of anilines is 2. The smallest absolute Gasteiger partial charge is 0.399 e. The molecule has 0 saturated heterocycles. The number of fused-ring (bicyclic) bond motifs is 1. The number of ether oxygens (including phenoxy) is 1. The maximum Gasteiger partial charge on any atom is 0.399 e. The molecule has 0 spiro atoms. The van der Waals surface area contributed by atoms with E-state index in [1.54, 1.807) is 6.33 Å². The van der Waals surface area contributed by atoms with Gasteiger partial charge in [-0.3, -0.25) is 0 Å². The van der Waals surface area contributed by atoms with Crippen molar-refractivity contribution in [1.82, 2.24) is 15.0 Å². The normalized spacial score (nSPS) is 14.8. The van der Waals surface area contributed by atoms with Crippen molar-refractivity contribution in [3.63, 3.8) is 0 Å². The molecule has 3 aromatic rings. The van der Waals surface area contributed by atoms with Crippen LogP contribution in [0.25, 0.3) is 16.0 Å². The van der Waals surface area contributed by atoms with Gasteiger partial charge in [0.05, 0.1) is 18.6 Å². The second-order valence-electron chi connectivity index (χ2n) is 6.97. The number of aromatic amines is 2. The van der Waals surface area contributed by atoms with Crippen LogP contribution < -0.4 is 15.0 Å². The fraction of sp³-hybridized carbons (Fsp3) is 0.400. The predicted octanol–water partition coefficient (Wildman–Crippen LogP) is 3.89. The average Bonchev–Trinajstić information content (AvgIpc) is 3.17. The number of imidazole rings is 1. The lowest BCUT2D eigenvalue weighted by Crippen LogP contribution is -2.21. The lowest BCUT2D eigenvalue weighted by molar-refractivity contribution is -0.380. The Labute approximate surface area is 158 Å². The topological polar surface area (TPSA) is 81.3 Å². The molecule has 1 aliphatic rings. The standard InChI is InChI=1S/C20H22N6O/c1-21-11-14-7-9-16(10-8-14)24-20-25-18-17(22-13-23-18)19(26-20)27-12-15-5-3-2-4-6-15/h7-10,13,15H,2-6,11-12H2,(H2,22,23,24,25,26)/p+1. The van der Waals surface area contributed by atoms with E-state index in [9.17, 15) is 0 Å². The van der Waals surface area contributed by atoms with Crippen LogP contribution in [0.1, 0.15) is 37.7 Å². The van der Waals surface area contributed by atoms with E-state index >= 15 is 0 Å². The molecule has 7 nitrogen and oxygen atoms in total. The summed E-state index contributed by atoms with van der Waals surface area (Å²) >= 11 is 0. The summed E-state index contributed by atoms with van der Waals surface area (Å²) in [5, 5.41) is 3.26. The maximum absolute atomic E-state index is 6.94. The molecule has 7 heteroatoms. The molecular formula is C20H23N6O+. The molecule has 2 aromatic heterocycles. The van der Waals surface area contributed by atoms with E-state index in [0.29, 0.717) is 36.5 Å². The van der Waals surface area contributed by atoms with Crippen molar-refractivity contribution < 1.29 is 9.72 Å². The first kappa shape index (κ1) is 17.3. The molecule has 2 heterocycles. The third-order valence-corrected chi connectivity index (χ3v) is 4.96. The minimum atomic E-state index is 0.392. The molecule has 0 aliphatic heterocycles. The lowest BCUT2D eigenvalue weighted by atomic mass is 9.90. The van der Waals surface area contributed by atoms with Crippen molar-refractivity contribution in [2.24, 2.45) is 5.92 Å². The van der Waals surface area contributed by atoms with Crippen molar-refractivity contribution in [1.29, 1.82) is 0 Å². The highest BCUT2D eigenvalue weighted by atomic mass is 16.5. The van der Waals surface area contributed by atoms with Gasteiger partial charge in [0.25, 0.3) is 11.5 Å². The number of hydrogen-bond acceptors (Lipinski definition) is 4. The summed E-state index contributed by atoms with van der Waals surface area (Å²) in [7, 11) is 0. The minimum Gasteiger partial charge on any atom is -0.466 e. The van der Waals surface area contributed by atoms with E-state index in [0.717, 1.165) is 16.8 Å². The monoisotopic (exact) mass is 363 g/mol. The zero-order chi connectivity index (χ0) is 18.5. The quantitative estimate of drug-likeness (QED) is 0.651. The summed E-state index contributed by atoms with van der Waals surface area (Å²) in [5.41, 5.74) is 3.27. The highest BCUT2D eigenvalue weighted by Crippen LogP contribution is 2.25. The first-order chi connectivity index (χ1) is 13.3. The lowest BCUT2D eigenvalue weighted by Gasteiger charge is -2.21. The summed E-state index contributed by atoms with van der Waals surface area (Å²) in [6.07, 6.45) is 8.03. The van der Waals surface area contributed by atoms with Crippen LogP contribution in [-0.2, 0) is 6.54 Å². The van der Waals surface area contributed by atoms with Gasteiger partial charge in [-0.1, -0.05) is 19.3 Å². The number of aromatic nitrogens is 4. The first-order valence-electron chi connectivity index (χ1n) is 9.40. The number of hydrogen-bond donors (Lipinski definition) is 2. The minimum absolute atomic E-state index is 0.392. The van der Waals surface area contributed by atoms with Crippen molar-refractivity contribution >= 4 is 22.8 Å². The molecule has 27 heavy (non-hydrogen) atoms. The van der Waals surface area contributed by atoms with Gasteiger partial charge in [-0.25, -0.2) is 21.9 Å². The van der Waals surface area contributed by atoms with Gasteiger partial charge < -0.3 is 14.6 Å². The Hall–Kier alpha value is -3.14. The Bertz CT molecular complexity index is 937. The Morgan fingerprint density at radius 3 is 2.81 bits per heavy atom. The van der Waals surface area contributed by atoms with Crippen molar-refractivity contribution in [2.45, 2.75) is 38.6 Å². The van der Waals surface area contributed by atoms with Crippen LogP contribution in [0.4, 0.5) is 11.6 Å². The van der Waals surface area contributed by atoms with Crippen molar-refractivity contribution in [2.75, 3.05) is 11.9 Å². The number of H-pyrrole nitrogens is 2. The maximum atomic E-state index is 6.94. The Morgan fingerprint density at radius 2 is 2.04 bits per heavy atom. The van der Waals surface area contributed by atoms with E-state index in [1.165, 1.54) is 32.1 Å². The van der Waals surface area contributed by atoms with E-state index in [2.05, 4.69) is 30.1 Å². The molecule has 1 aromatic carbocycles. The number of rotatable bonds is 6. The highest BCUT2D eigenvalue weighted by molar-refractivity contribution is 5.75. The zero-order valence-corrected chi connectivity index (χ0v) is 15.2. The third kappa shape index (κ3) is 4.17. The Kier molecular flexibility index (Phi) is 5.15. The zero-order valence-electron chi connectivity index (χ0n) is 15.2. The second-order valence-corrected chi connectivity index (χ2v) is 6.97. The molecule has 0 radical (unpaired) electrons. The predicted molar refractivity (Wildman–Crippen MR) is 103 cm³/mol. The SMILES string of the molecule is [C-]#[N+]Cc1ccc(Nc2nc3nc[nH]c3c(OCC3CCCCC3)[nH+]2)cc1. The van der Waals surface area contributed by atoms with Crippen molar-refractivity contribution in [3.8, 4) is 5.88 Å². The molecule has 1 saturated carbocycles. The van der Waals surface area contributed by atoms with E-state index < -0.39 is 0 Å². The summed E-state index contributed by atoms with van der Waals surface area (Å²) in [5.74, 6) is 1.85. The van der Waals surface area contributed by atoms with Crippen LogP contribution in [-0.4, -0.2) is 21.6 Å². The molecule has 3 N–H and O–H groups in total. The summed E-state index contributed by atoms with van der Waals surface area (Å²) in [6, 6.07) is 7.75. The Morgan fingerprint density at radius 1 is 1.22 bits per heavy atom. The van der Waals surface area contributed by atoms with E-state index in [-0.39, 0.29) is 0 Å². The van der Waals surface area contributed by atoms with Gasteiger partial charge in [0.2, 0.25) is 6.54 Å². The van der Waals surface area contributed by atoms with E-state index in [1.807, 2.05) is 24.3 Å². The van der Waals surface area contributed by atoms with Crippen LogP contribution in [0, 0.1) is 12.5 Å². The molecule has 1 fully saturated rings. The fourth-order valence-corrected chi connectivity index (χ4v) is 3.49. The first-order valence-corrected chi connectivity index (χ1v) is 9.40. The summed E-state index contributed by atoms with van der Waals surface area (Å²) < 4.78 is 6.11. The van der Waals surface area contributed by atoms with Gasteiger partial charge >= 0.3 is 5.95 Å². The second kappa shape index (κ2) is 8.04. The molecular weight excluding hydrogens is 340 g/mol. The largest absolute Gasteiger partial charge is 0.466 e. The molecule has 0 bridgehead atoms. The fourth-order valence-electron chi connectivity index (χ4n) is 3.49. The molecule has 0 unspecified atom stereocenters. The van der Waals surface area contributed by atoms with E-state index in [4.69, 9.17) is 11.3 Å². The Balaban J connectivity index is 1.51. The van der Waals surface area contributed by atoms with Gasteiger partial charge in [-0.15, -0.1) is 0 Å². The van der Waals surface area contributed by atoms with Crippen molar-refractivity contribution in [3.05, 3.63) is 47.6 Å². The third-order valence-electron chi connectivity index (χ3n) is 4.96. The molecule has 0 amide bonds. The van der Waals surface area contributed by atoms with Gasteiger partial charge in [-0.05, 0) is 48.0 Å². The summed E-state index contributed by atoms with van der Waals surface area (Å²) in [6.45, 7) is 8.04. The highest BCUT2D eigenvalue weighted by Gasteiger charge is 2.20. The molecule has 1 aliphatic carbocycles. The van der Waals surface area contributed by atoms with Gasteiger partial charge in [0.1, 0.15) is 0 Å². The molecule has 0 atom stereocenters. The average molecular weight is 363 g/mol. The van der Waals surface area contributed by atoms with Gasteiger partial charge in [-0.2, -0.15) is 0 Å². The number of nitrogens with zero attached hydrogens (tertiary/aromatic N) is 3. The molecule has 138 valence electrons. The summed E-state index contributed by atoms with van der Waals surface area (Å²) in [4.78, 5) is 18.5. The van der Waals surface area contributed by atoms with Crippen LogP contribution in [0.3, 0.4) is 0 Å². The van der Waals surface area contributed by atoms with Gasteiger partial charge in [0, 0.05) is 5.56 Å². The van der Waals surface area contributed by atoms with Crippen LogP contribution >= 0.6 is 0 Å². The molecule has 4 rings (SSSR count). The van der Waals surface area contributed by atoms with Crippen LogP contribution in [0.2, 0.25) is 0 Å². The van der Waals surface area contributed by atoms with Gasteiger partial charge in [0.15, 0.2) is 5.52 Å². The number of nitrogens with one attached hydrogen (secondary N) is 3. The van der Waals surface area contributed by atoms with Crippen LogP contribution in [0.15, 0.2) is 30.6 Å². The van der Waals surface area contributed by atoms with Crippen LogP contribution in [0.5, 0.6) is 5.88 Å².